The number of carboxylic acids is 1. The van der Waals surface area contributed by atoms with Crippen molar-refractivity contribution < 1.29 is 23.9 Å². The summed E-state index contributed by atoms with van der Waals surface area (Å²) < 4.78 is 12.8. The predicted molar refractivity (Wildman–Crippen MR) is 74.4 cm³/mol. The number of unbranched alkanes of at least 4 members (excludes halogenated alkanes) is 1. The van der Waals surface area contributed by atoms with E-state index < -0.39 is 23.7 Å². The number of carbonyl (C=O) groups excluding carboxylic acids is 2. The number of carbonyl (C=O) groups is 3. The SMILES string of the molecule is CN(C(=O)NC(=O)CCCCC(=O)O)c1ccc(F)cc1. The molecular weight excluding hydrogens is 279 g/mol. The molecule has 0 bridgehead atoms. The van der Waals surface area contributed by atoms with Crippen LogP contribution in [0.5, 0.6) is 0 Å². The van der Waals surface area contributed by atoms with Crippen molar-refractivity contribution in [2.45, 2.75) is 25.7 Å². The summed E-state index contributed by atoms with van der Waals surface area (Å²) in [5.41, 5.74) is 0.451. The summed E-state index contributed by atoms with van der Waals surface area (Å²) in [7, 11) is 1.46. The van der Waals surface area contributed by atoms with Crippen LogP contribution in [-0.4, -0.2) is 30.1 Å². The van der Waals surface area contributed by atoms with E-state index in [1.807, 2.05) is 0 Å². The molecule has 1 rings (SSSR count). The summed E-state index contributed by atoms with van der Waals surface area (Å²) in [6.07, 6.45) is 0.851. The molecule has 7 heteroatoms. The molecule has 3 amide bonds. The Kier molecular flexibility index (Phi) is 6.32. The topological polar surface area (TPSA) is 86.7 Å². The van der Waals surface area contributed by atoms with Crippen molar-refractivity contribution in [1.29, 1.82) is 0 Å². The third-order valence-electron chi connectivity index (χ3n) is 2.81. The second-order valence-corrected chi connectivity index (χ2v) is 4.49. The van der Waals surface area contributed by atoms with Gasteiger partial charge in [-0.3, -0.25) is 19.8 Å². The van der Waals surface area contributed by atoms with Crippen molar-refractivity contribution in [2.24, 2.45) is 0 Å². The van der Waals surface area contributed by atoms with Gasteiger partial charge < -0.3 is 5.11 Å². The molecule has 0 saturated carbocycles. The maximum absolute atomic E-state index is 12.8. The lowest BCUT2D eigenvalue weighted by Crippen LogP contribution is -2.40. The van der Waals surface area contributed by atoms with Gasteiger partial charge in [0.25, 0.3) is 0 Å². The number of nitrogens with one attached hydrogen (secondary N) is 1. The minimum Gasteiger partial charge on any atom is -0.481 e. The summed E-state index contributed by atoms with van der Waals surface area (Å²) in [6, 6.07) is 4.66. The number of amides is 3. The lowest BCUT2D eigenvalue weighted by Gasteiger charge is -2.17. The van der Waals surface area contributed by atoms with E-state index in [1.165, 1.54) is 36.2 Å². The lowest BCUT2D eigenvalue weighted by molar-refractivity contribution is -0.137. The third kappa shape index (κ3) is 6.03. The number of urea groups is 1. The van der Waals surface area contributed by atoms with Gasteiger partial charge in [0.15, 0.2) is 0 Å². The smallest absolute Gasteiger partial charge is 0.328 e. The minimum atomic E-state index is -0.914. The number of hydrogen-bond donors (Lipinski definition) is 2. The molecule has 0 aliphatic carbocycles. The highest BCUT2D eigenvalue weighted by Gasteiger charge is 2.14. The van der Waals surface area contributed by atoms with E-state index in [0.29, 0.717) is 18.5 Å². The van der Waals surface area contributed by atoms with Gasteiger partial charge in [-0.25, -0.2) is 9.18 Å². The van der Waals surface area contributed by atoms with Crippen LogP contribution in [0.4, 0.5) is 14.9 Å². The van der Waals surface area contributed by atoms with Gasteiger partial charge in [0.05, 0.1) is 0 Å². The molecule has 0 radical (unpaired) electrons. The molecule has 0 fully saturated rings. The largest absolute Gasteiger partial charge is 0.481 e. The quantitative estimate of drug-likeness (QED) is 0.787. The van der Waals surface area contributed by atoms with Crippen molar-refractivity contribution in [3.8, 4) is 0 Å². The van der Waals surface area contributed by atoms with Crippen molar-refractivity contribution in [3.63, 3.8) is 0 Å². The molecule has 0 atom stereocenters. The predicted octanol–water partition coefficient (Wildman–Crippen LogP) is 2.14. The van der Waals surface area contributed by atoms with Crippen LogP contribution in [0.15, 0.2) is 24.3 Å². The number of nitrogens with zero attached hydrogens (tertiary/aromatic N) is 1. The molecule has 2 N–H and O–H groups in total. The van der Waals surface area contributed by atoms with Gasteiger partial charge in [-0.1, -0.05) is 0 Å². The van der Waals surface area contributed by atoms with Crippen LogP contribution in [0, 0.1) is 5.82 Å². The first-order valence-electron chi connectivity index (χ1n) is 6.45. The zero-order valence-corrected chi connectivity index (χ0v) is 11.6. The normalized spacial score (nSPS) is 10.0. The molecule has 0 aliphatic rings. The highest BCUT2D eigenvalue weighted by Crippen LogP contribution is 2.13. The average Bonchev–Trinajstić information content (AvgIpc) is 2.43. The zero-order chi connectivity index (χ0) is 15.8. The van der Waals surface area contributed by atoms with Gasteiger partial charge in [0.1, 0.15) is 5.82 Å². The van der Waals surface area contributed by atoms with Crippen LogP contribution >= 0.6 is 0 Å². The second-order valence-electron chi connectivity index (χ2n) is 4.49. The summed E-state index contributed by atoms with van der Waals surface area (Å²) >= 11 is 0. The summed E-state index contributed by atoms with van der Waals surface area (Å²) in [4.78, 5) is 34.8. The van der Waals surface area contributed by atoms with E-state index in [4.69, 9.17) is 5.11 Å². The fourth-order valence-corrected chi connectivity index (χ4v) is 1.61. The van der Waals surface area contributed by atoms with Gasteiger partial charge in [0.2, 0.25) is 5.91 Å². The number of carboxylic acid groups (broad SMARTS) is 1. The molecule has 1 aromatic rings. The Hall–Kier alpha value is -2.44. The molecule has 0 heterocycles. The van der Waals surface area contributed by atoms with Crippen molar-refractivity contribution in [2.75, 3.05) is 11.9 Å². The number of benzene rings is 1. The van der Waals surface area contributed by atoms with Gasteiger partial charge >= 0.3 is 12.0 Å². The van der Waals surface area contributed by atoms with E-state index in [0.717, 1.165) is 0 Å². The molecule has 0 saturated heterocycles. The third-order valence-corrected chi connectivity index (χ3v) is 2.81. The molecular formula is C14H17FN2O4. The Balaban J connectivity index is 2.39. The van der Waals surface area contributed by atoms with Crippen LogP contribution in [0.3, 0.4) is 0 Å². The Morgan fingerprint density at radius 3 is 2.29 bits per heavy atom. The molecule has 0 aliphatic heterocycles. The lowest BCUT2D eigenvalue weighted by atomic mass is 10.2. The van der Waals surface area contributed by atoms with Gasteiger partial charge in [0, 0.05) is 25.6 Å². The van der Waals surface area contributed by atoms with E-state index in [9.17, 15) is 18.8 Å². The van der Waals surface area contributed by atoms with Crippen LogP contribution in [-0.2, 0) is 9.59 Å². The molecule has 21 heavy (non-hydrogen) atoms. The molecule has 0 unspecified atom stereocenters. The van der Waals surface area contributed by atoms with Gasteiger partial charge in [-0.05, 0) is 37.1 Å². The number of anilines is 1. The fraction of sp³-hybridized carbons (Fsp3) is 0.357. The van der Waals surface area contributed by atoms with Gasteiger partial charge in [-0.15, -0.1) is 0 Å². The molecule has 1 aromatic carbocycles. The first-order chi connectivity index (χ1) is 9.90. The molecule has 6 nitrogen and oxygen atoms in total. The van der Waals surface area contributed by atoms with Crippen LogP contribution in [0.2, 0.25) is 0 Å². The Bertz CT molecular complexity index is 516. The van der Waals surface area contributed by atoms with Gasteiger partial charge in [-0.2, -0.15) is 0 Å². The maximum atomic E-state index is 12.8. The van der Waals surface area contributed by atoms with Crippen LogP contribution in [0.1, 0.15) is 25.7 Å². The number of aliphatic carboxylic acids is 1. The van der Waals surface area contributed by atoms with E-state index in [-0.39, 0.29) is 12.8 Å². The molecule has 114 valence electrons. The standard InChI is InChI=1S/C14H17FN2O4/c1-17(11-8-6-10(15)7-9-11)14(21)16-12(18)4-2-3-5-13(19)20/h6-9H,2-5H2,1H3,(H,19,20)(H,16,18,21). The molecule has 0 aromatic heterocycles. The second kappa shape index (κ2) is 7.98. The number of hydrogen-bond acceptors (Lipinski definition) is 3. The van der Waals surface area contributed by atoms with E-state index >= 15 is 0 Å². The fourth-order valence-electron chi connectivity index (χ4n) is 1.61. The monoisotopic (exact) mass is 296 g/mol. The van der Waals surface area contributed by atoms with Crippen molar-refractivity contribution in [3.05, 3.63) is 30.1 Å². The number of halogens is 1. The summed E-state index contributed by atoms with van der Waals surface area (Å²) in [5.74, 6) is -1.80. The highest BCUT2D eigenvalue weighted by molar-refractivity contribution is 6.02. The van der Waals surface area contributed by atoms with Crippen LogP contribution in [0.25, 0.3) is 0 Å². The maximum Gasteiger partial charge on any atom is 0.328 e. The minimum absolute atomic E-state index is 0.00327. The number of rotatable bonds is 6. The van der Waals surface area contributed by atoms with Crippen molar-refractivity contribution in [1.82, 2.24) is 5.32 Å². The highest BCUT2D eigenvalue weighted by atomic mass is 19.1. The first-order valence-corrected chi connectivity index (χ1v) is 6.45. The zero-order valence-electron chi connectivity index (χ0n) is 11.6. The summed E-state index contributed by atoms with van der Waals surface area (Å²) in [5, 5.41) is 10.6. The average molecular weight is 296 g/mol. The van der Waals surface area contributed by atoms with E-state index in [1.54, 1.807) is 0 Å². The Labute approximate surface area is 121 Å². The molecule has 0 spiro atoms. The summed E-state index contributed by atoms with van der Waals surface area (Å²) in [6.45, 7) is 0. The Morgan fingerprint density at radius 2 is 1.71 bits per heavy atom. The van der Waals surface area contributed by atoms with Crippen LogP contribution < -0.4 is 10.2 Å². The first kappa shape index (κ1) is 16.6. The van der Waals surface area contributed by atoms with E-state index in [2.05, 4.69) is 5.32 Å². The Morgan fingerprint density at radius 1 is 1.14 bits per heavy atom. The number of imide groups is 1. The van der Waals surface area contributed by atoms with Crippen molar-refractivity contribution >= 4 is 23.6 Å².